The first kappa shape index (κ1) is 29.2. The number of carbonyl (C=O) groups excluding carboxylic acids is 1. The number of carbonyl (C=O) groups is 3. The number of carboxylic acids is 2. The van der Waals surface area contributed by atoms with Crippen LogP contribution in [0, 0.1) is 6.92 Å². The van der Waals surface area contributed by atoms with Crippen LogP contribution < -0.4 is 5.32 Å². The first-order chi connectivity index (χ1) is 14.6. The van der Waals surface area contributed by atoms with E-state index < -0.39 is 24.3 Å². The molecule has 1 saturated heterocycles. The maximum atomic E-state index is 11.9. The lowest BCUT2D eigenvalue weighted by Crippen LogP contribution is -2.45. The number of aryl methyl sites for hydroxylation is 1. The Balaban J connectivity index is 0.000000570. The second-order valence-electron chi connectivity index (χ2n) is 6.61. The molecule has 1 fully saturated rings. The van der Waals surface area contributed by atoms with Gasteiger partial charge in [-0.3, -0.25) is 4.79 Å². The molecule has 2 heterocycles. The van der Waals surface area contributed by atoms with E-state index in [0.717, 1.165) is 38.2 Å². The number of hydrogen-bond acceptors (Lipinski definition) is 5. The lowest BCUT2D eigenvalue weighted by Gasteiger charge is -2.31. The monoisotopic (exact) mass is 478 g/mol. The number of halogens is 6. The van der Waals surface area contributed by atoms with Crippen LogP contribution >= 0.6 is 0 Å². The van der Waals surface area contributed by atoms with Crippen molar-refractivity contribution >= 4 is 17.8 Å². The van der Waals surface area contributed by atoms with Crippen LogP contribution in [0.3, 0.4) is 0 Å². The number of imidazole rings is 1. The minimum absolute atomic E-state index is 0.0861. The summed E-state index contributed by atoms with van der Waals surface area (Å²) < 4.78 is 63.5. The van der Waals surface area contributed by atoms with Gasteiger partial charge in [0.15, 0.2) is 5.82 Å². The Kier molecular flexibility index (Phi) is 11.7. The van der Waals surface area contributed by atoms with E-state index in [1.165, 1.54) is 6.42 Å². The van der Waals surface area contributed by atoms with Gasteiger partial charge in [0.1, 0.15) is 0 Å². The zero-order chi connectivity index (χ0) is 25.1. The second-order valence-corrected chi connectivity index (χ2v) is 6.61. The van der Waals surface area contributed by atoms with E-state index in [0.29, 0.717) is 5.82 Å². The summed E-state index contributed by atoms with van der Waals surface area (Å²) in [6.45, 7) is 7.42. The van der Waals surface area contributed by atoms with E-state index in [4.69, 9.17) is 19.8 Å². The Hall–Kier alpha value is -2.84. The molecule has 0 radical (unpaired) electrons. The first-order valence-electron chi connectivity index (χ1n) is 9.22. The maximum absolute atomic E-state index is 11.9. The van der Waals surface area contributed by atoms with Gasteiger partial charge in [0.2, 0.25) is 0 Å². The molecule has 2 rings (SSSR count). The number of likely N-dealkylation sites (tertiary alicyclic amines) is 1. The highest BCUT2D eigenvalue weighted by Crippen LogP contribution is 2.14. The Labute approximate surface area is 178 Å². The fourth-order valence-electron chi connectivity index (χ4n) is 2.40. The van der Waals surface area contributed by atoms with E-state index in [2.05, 4.69) is 27.1 Å². The van der Waals surface area contributed by atoms with Gasteiger partial charge >= 0.3 is 24.3 Å². The van der Waals surface area contributed by atoms with Crippen molar-refractivity contribution in [3.8, 4) is 0 Å². The molecule has 0 aromatic carbocycles. The van der Waals surface area contributed by atoms with Crippen molar-refractivity contribution in [1.29, 1.82) is 0 Å². The van der Waals surface area contributed by atoms with Crippen molar-refractivity contribution in [3.63, 3.8) is 0 Å². The van der Waals surface area contributed by atoms with E-state index in [9.17, 15) is 31.1 Å². The van der Waals surface area contributed by atoms with Crippen molar-refractivity contribution in [3.05, 3.63) is 17.7 Å². The molecule has 15 heteroatoms. The third-order valence-corrected chi connectivity index (χ3v) is 3.87. The van der Waals surface area contributed by atoms with Crippen molar-refractivity contribution in [2.45, 2.75) is 51.5 Å². The molecule has 1 aromatic rings. The van der Waals surface area contributed by atoms with Crippen LogP contribution in [0.15, 0.2) is 6.20 Å². The third kappa shape index (κ3) is 12.1. The van der Waals surface area contributed by atoms with Crippen molar-refractivity contribution in [1.82, 2.24) is 20.2 Å². The fraction of sp³-hybridized carbons (Fsp3) is 0.647. The number of hydrogen-bond donors (Lipinski definition) is 4. The van der Waals surface area contributed by atoms with Gasteiger partial charge in [0, 0.05) is 31.0 Å². The van der Waals surface area contributed by atoms with E-state index in [-0.39, 0.29) is 11.9 Å². The van der Waals surface area contributed by atoms with Crippen LogP contribution in [0.1, 0.15) is 42.5 Å². The van der Waals surface area contributed by atoms with E-state index in [1.54, 1.807) is 6.20 Å². The zero-order valence-corrected chi connectivity index (χ0v) is 17.2. The normalized spacial score (nSPS) is 15.0. The number of amides is 1. The molecular formula is C17H24F6N4O5. The predicted molar refractivity (Wildman–Crippen MR) is 97.9 cm³/mol. The molecule has 1 aliphatic rings. The molecular weight excluding hydrogens is 454 g/mol. The van der Waals surface area contributed by atoms with E-state index >= 15 is 0 Å². The molecule has 0 unspecified atom stereocenters. The minimum Gasteiger partial charge on any atom is -0.475 e. The predicted octanol–water partition coefficient (Wildman–Crippen LogP) is 2.59. The van der Waals surface area contributed by atoms with Crippen molar-refractivity contribution in [2.75, 3.05) is 19.6 Å². The summed E-state index contributed by atoms with van der Waals surface area (Å²) in [4.78, 5) is 39.2. The summed E-state index contributed by atoms with van der Waals surface area (Å²) in [5.74, 6) is -5.18. The lowest BCUT2D eigenvalue weighted by molar-refractivity contribution is -0.193. The summed E-state index contributed by atoms with van der Waals surface area (Å²) in [6.07, 6.45) is -5.22. The standard InChI is InChI=1S/C13H22N4O.2C2HF3O2/c1-3-6-17-7-4-11(5-8-17)16-13(18)12-14-9-10(2)15-12;2*3-2(4,5)1(6)7/h9,11H,3-8H2,1-2H3,(H,14,15)(H,16,18);2*(H,6,7). The number of H-pyrrole nitrogens is 1. The Morgan fingerprint density at radius 2 is 1.53 bits per heavy atom. The quantitative estimate of drug-likeness (QED) is 0.489. The number of rotatable bonds is 4. The Morgan fingerprint density at radius 3 is 1.84 bits per heavy atom. The van der Waals surface area contributed by atoms with Crippen LogP contribution in [0.4, 0.5) is 26.3 Å². The fourth-order valence-corrected chi connectivity index (χ4v) is 2.40. The van der Waals surface area contributed by atoms with Gasteiger partial charge in [-0.05, 0) is 32.7 Å². The molecule has 1 aliphatic heterocycles. The summed E-state index contributed by atoms with van der Waals surface area (Å²) in [6, 6.07) is 0.288. The number of alkyl halides is 6. The van der Waals surface area contributed by atoms with E-state index in [1.807, 2.05) is 6.92 Å². The molecule has 0 spiro atoms. The number of nitrogens with zero attached hydrogens (tertiary/aromatic N) is 2. The topological polar surface area (TPSA) is 136 Å². The van der Waals surface area contributed by atoms with Gasteiger partial charge in [-0.25, -0.2) is 14.6 Å². The number of piperidine rings is 1. The van der Waals surface area contributed by atoms with Gasteiger partial charge in [0.25, 0.3) is 5.91 Å². The van der Waals surface area contributed by atoms with Gasteiger partial charge in [-0.2, -0.15) is 26.3 Å². The van der Waals surface area contributed by atoms with Crippen LogP contribution in [-0.4, -0.2) is 81.0 Å². The van der Waals surface area contributed by atoms with Crippen molar-refractivity contribution in [2.24, 2.45) is 0 Å². The smallest absolute Gasteiger partial charge is 0.475 e. The summed E-state index contributed by atoms with van der Waals surface area (Å²) >= 11 is 0. The van der Waals surface area contributed by atoms with Crippen LogP contribution in [0.2, 0.25) is 0 Å². The zero-order valence-electron chi connectivity index (χ0n) is 17.2. The molecule has 32 heavy (non-hydrogen) atoms. The number of nitrogens with one attached hydrogen (secondary N) is 2. The number of aliphatic carboxylic acids is 2. The Morgan fingerprint density at radius 1 is 1.09 bits per heavy atom. The Bertz CT molecular complexity index is 719. The molecule has 9 nitrogen and oxygen atoms in total. The lowest BCUT2D eigenvalue weighted by atomic mass is 10.0. The van der Waals surface area contributed by atoms with Crippen molar-refractivity contribution < 1.29 is 50.9 Å². The SMILES string of the molecule is CCCN1CCC(NC(=O)c2ncc(C)[nH]2)CC1.O=C(O)C(F)(F)F.O=C(O)C(F)(F)F. The van der Waals surface area contributed by atoms with Gasteiger partial charge in [-0.15, -0.1) is 0 Å². The van der Waals surface area contributed by atoms with Gasteiger partial charge in [-0.1, -0.05) is 6.92 Å². The highest BCUT2D eigenvalue weighted by Gasteiger charge is 2.38. The molecule has 0 atom stereocenters. The second kappa shape index (κ2) is 12.9. The summed E-state index contributed by atoms with van der Waals surface area (Å²) in [7, 11) is 0. The first-order valence-corrected chi connectivity index (χ1v) is 9.22. The third-order valence-electron chi connectivity index (χ3n) is 3.87. The summed E-state index contributed by atoms with van der Waals surface area (Å²) in [5, 5.41) is 17.3. The largest absolute Gasteiger partial charge is 0.490 e. The average molecular weight is 478 g/mol. The van der Waals surface area contributed by atoms with Gasteiger partial charge in [0.05, 0.1) is 0 Å². The van der Waals surface area contributed by atoms with Crippen LogP contribution in [0.5, 0.6) is 0 Å². The molecule has 4 N–H and O–H groups in total. The summed E-state index contributed by atoms with van der Waals surface area (Å²) in [5.41, 5.74) is 0.915. The highest BCUT2D eigenvalue weighted by molar-refractivity contribution is 5.90. The highest BCUT2D eigenvalue weighted by atomic mass is 19.4. The van der Waals surface area contributed by atoms with Crippen LogP contribution in [0.25, 0.3) is 0 Å². The average Bonchev–Trinajstić information content (AvgIpc) is 3.09. The van der Waals surface area contributed by atoms with Crippen LogP contribution in [-0.2, 0) is 9.59 Å². The van der Waals surface area contributed by atoms with Gasteiger partial charge < -0.3 is 25.4 Å². The molecule has 1 amide bonds. The molecule has 184 valence electrons. The maximum Gasteiger partial charge on any atom is 0.490 e. The number of carboxylic acid groups (broad SMARTS) is 2. The minimum atomic E-state index is -5.08. The number of aromatic nitrogens is 2. The molecule has 0 bridgehead atoms. The number of aromatic amines is 1. The molecule has 1 aromatic heterocycles. The molecule has 0 saturated carbocycles. The molecule has 0 aliphatic carbocycles.